The van der Waals surface area contributed by atoms with Crippen LogP contribution >= 0.6 is 0 Å². The molecule has 1 rings (SSSR count). The Morgan fingerprint density at radius 2 is 2.10 bits per heavy atom. The minimum atomic E-state index is -0.106. The van der Waals surface area contributed by atoms with Gasteiger partial charge < -0.3 is 9.84 Å². The first-order chi connectivity index (χ1) is 10.2. The summed E-state index contributed by atoms with van der Waals surface area (Å²) in [6.07, 6.45) is 7.42. The third kappa shape index (κ3) is 6.29. The Morgan fingerprint density at radius 3 is 2.81 bits per heavy atom. The maximum absolute atomic E-state index is 11.6. The van der Waals surface area contributed by atoms with Crippen molar-refractivity contribution in [2.45, 2.75) is 45.4 Å². The highest BCUT2D eigenvalue weighted by molar-refractivity contribution is 5.86. The lowest BCUT2D eigenvalue weighted by Crippen LogP contribution is -2.16. The molecule has 0 aliphatic rings. The molecule has 5 heteroatoms. The Balaban J connectivity index is 2.35. The average Bonchev–Trinajstić information content (AvgIpc) is 2.49. The fourth-order valence-corrected chi connectivity index (χ4v) is 1.93. The van der Waals surface area contributed by atoms with Crippen molar-refractivity contribution in [1.29, 1.82) is 0 Å². The number of nitrogens with zero attached hydrogens (tertiary/aromatic N) is 1. The second-order valence-electron chi connectivity index (χ2n) is 4.86. The van der Waals surface area contributed by atoms with Gasteiger partial charge in [0, 0.05) is 12.0 Å². The highest BCUT2D eigenvalue weighted by Gasteiger charge is 2.05. The fourth-order valence-electron chi connectivity index (χ4n) is 1.93. The van der Waals surface area contributed by atoms with E-state index in [2.05, 4.69) is 17.5 Å². The van der Waals surface area contributed by atoms with E-state index in [0.29, 0.717) is 17.7 Å². The number of para-hydroxylation sites is 1. The molecule has 1 aromatic rings. The molecule has 0 saturated carbocycles. The van der Waals surface area contributed by atoms with E-state index in [1.54, 1.807) is 18.2 Å². The number of methoxy groups -OCH3 is 1. The van der Waals surface area contributed by atoms with Crippen molar-refractivity contribution in [3.8, 4) is 11.5 Å². The maximum atomic E-state index is 11.6. The Bertz CT molecular complexity index is 473. The monoisotopic (exact) mass is 292 g/mol. The Kier molecular flexibility index (Phi) is 7.94. The predicted octanol–water partition coefficient (Wildman–Crippen LogP) is 3.21. The Labute approximate surface area is 126 Å². The fraction of sp³-hybridized carbons (Fsp3) is 0.500. The van der Waals surface area contributed by atoms with Gasteiger partial charge >= 0.3 is 0 Å². The zero-order valence-electron chi connectivity index (χ0n) is 12.8. The molecule has 0 radical (unpaired) electrons. The van der Waals surface area contributed by atoms with Gasteiger partial charge in [0.1, 0.15) is 0 Å². The summed E-state index contributed by atoms with van der Waals surface area (Å²) in [5, 5.41) is 13.7. The zero-order valence-corrected chi connectivity index (χ0v) is 12.8. The zero-order chi connectivity index (χ0) is 15.5. The number of phenolic OH excluding ortho intramolecular Hbond substituents is 1. The highest BCUT2D eigenvalue weighted by Crippen LogP contribution is 2.27. The van der Waals surface area contributed by atoms with E-state index >= 15 is 0 Å². The number of benzene rings is 1. The SMILES string of the molecule is CCCCCCCC(=O)NN=Cc1cccc(OC)c1O. The lowest BCUT2D eigenvalue weighted by molar-refractivity contribution is -0.121. The van der Waals surface area contributed by atoms with Gasteiger partial charge in [-0.3, -0.25) is 4.79 Å². The molecule has 0 bridgehead atoms. The van der Waals surface area contributed by atoms with Crippen molar-refractivity contribution in [2.75, 3.05) is 7.11 Å². The molecular formula is C16H24N2O3. The van der Waals surface area contributed by atoms with Crippen molar-refractivity contribution in [1.82, 2.24) is 5.43 Å². The summed E-state index contributed by atoms with van der Waals surface area (Å²) in [5.74, 6) is 0.281. The molecule has 0 unspecified atom stereocenters. The van der Waals surface area contributed by atoms with Crippen LogP contribution in [0.3, 0.4) is 0 Å². The average molecular weight is 292 g/mol. The van der Waals surface area contributed by atoms with Gasteiger partial charge in [0.05, 0.1) is 13.3 Å². The van der Waals surface area contributed by atoms with Crippen LogP contribution in [-0.4, -0.2) is 24.3 Å². The minimum absolute atomic E-state index is 0.0116. The lowest BCUT2D eigenvalue weighted by atomic mass is 10.1. The normalized spacial score (nSPS) is 10.8. The van der Waals surface area contributed by atoms with Crippen LogP contribution in [0, 0.1) is 0 Å². The van der Waals surface area contributed by atoms with E-state index in [4.69, 9.17) is 4.74 Å². The summed E-state index contributed by atoms with van der Waals surface area (Å²) < 4.78 is 5.00. The highest BCUT2D eigenvalue weighted by atomic mass is 16.5. The molecule has 0 aliphatic carbocycles. The summed E-state index contributed by atoms with van der Waals surface area (Å²) in [6, 6.07) is 5.09. The van der Waals surface area contributed by atoms with Crippen LogP contribution in [0.5, 0.6) is 11.5 Å². The first-order valence-corrected chi connectivity index (χ1v) is 7.37. The smallest absolute Gasteiger partial charge is 0.240 e. The maximum Gasteiger partial charge on any atom is 0.240 e. The van der Waals surface area contributed by atoms with Gasteiger partial charge in [-0.25, -0.2) is 5.43 Å². The van der Waals surface area contributed by atoms with E-state index in [1.165, 1.54) is 32.6 Å². The first kappa shape index (κ1) is 17.0. The molecule has 0 fully saturated rings. The molecule has 0 atom stereocenters. The van der Waals surface area contributed by atoms with Gasteiger partial charge in [-0.05, 0) is 18.6 Å². The van der Waals surface area contributed by atoms with E-state index in [9.17, 15) is 9.90 Å². The van der Waals surface area contributed by atoms with Crippen molar-refractivity contribution in [3.05, 3.63) is 23.8 Å². The number of unbranched alkanes of at least 4 members (excludes halogenated alkanes) is 4. The number of phenols is 1. The predicted molar refractivity (Wildman–Crippen MR) is 83.8 cm³/mol. The Morgan fingerprint density at radius 1 is 1.33 bits per heavy atom. The number of carbonyl (C=O) groups is 1. The number of aromatic hydroxyl groups is 1. The molecule has 2 N–H and O–H groups in total. The second kappa shape index (κ2) is 9.80. The summed E-state index contributed by atoms with van der Waals surface area (Å²) in [6.45, 7) is 2.16. The van der Waals surface area contributed by atoms with Crippen molar-refractivity contribution >= 4 is 12.1 Å². The van der Waals surface area contributed by atoms with Crippen molar-refractivity contribution in [3.63, 3.8) is 0 Å². The summed E-state index contributed by atoms with van der Waals surface area (Å²) in [7, 11) is 1.48. The second-order valence-corrected chi connectivity index (χ2v) is 4.86. The number of carbonyl (C=O) groups excluding carboxylic acids is 1. The largest absolute Gasteiger partial charge is 0.504 e. The van der Waals surface area contributed by atoms with Crippen molar-refractivity contribution < 1.29 is 14.6 Å². The molecule has 0 aliphatic heterocycles. The number of rotatable bonds is 9. The van der Waals surface area contributed by atoms with Crippen molar-refractivity contribution in [2.24, 2.45) is 5.10 Å². The van der Waals surface area contributed by atoms with Crippen LogP contribution in [0.4, 0.5) is 0 Å². The molecule has 21 heavy (non-hydrogen) atoms. The third-order valence-corrected chi connectivity index (χ3v) is 3.15. The topological polar surface area (TPSA) is 70.9 Å². The molecule has 1 amide bonds. The van der Waals surface area contributed by atoms with Crippen LogP contribution in [0.1, 0.15) is 51.0 Å². The lowest BCUT2D eigenvalue weighted by Gasteiger charge is -2.05. The van der Waals surface area contributed by atoms with Crippen LogP contribution in [0.25, 0.3) is 0 Å². The molecule has 0 spiro atoms. The van der Waals surface area contributed by atoms with Gasteiger partial charge in [-0.15, -0.1) is 0 Å². The molecule has 0 aromatic heterocycles. The molecule has 5 nitrogen and oxygen atoms in total. The summed E-state index contributed by atoms with van der Waals surface area (Å²) >= 11 is 0. The third-order valence-electron chi connectivity index (χ3n) is 3.15. The van der Waals surface area contributed by atoms with E-state index in [-0.39, 0.29) is 11.7 Å². The first-order valence-electron chi connectivity index (χ1n) is 7.37. The molecule has 1 aromatic carbocycles. The van der Waals surface area contributed by atoms with Crippen LogP contribution in [0.15, 0.2) is 23.3 Å². The van der Waals surface area contributed by atoms with Crippen LogP contribution in [-0.2, 0) is 4.79 Å². The number of hydrogen-bond acceptors (Lipinski definition) is 4. The van der Waals surface area contributed by atoms with Crippen LogP contribution < -0.4 is 10.2 Å². The number of hydrogen-bond donors (Lipinski definition) is 2. The number of nitrogens with one attached hydrogen (secondary N) is 1. The van der Waals surface area contributed by atoms with E-state index in [0.717, 1.165) is 12.8 Å². The Hall–Kier alpha value is -2.04. The van der Waals surface area contributed by atoms with Crippen LogP contribution in [0.2, 0.25) is 0 Å². The van der Waals surface area contributed by atoms with Gasteiger partial charge in [-0.2, -0.15) is 5.10 Å². The van der Waals surface area contributed by atoms with E-state index in [1.807, 2.05) is 0 Å². The van der Waals surface area contributed by atoms with Gasteiger partial charge in [0.2, 0.25) is 5.91 Å². The standard InChI is InChI=1S/C16H24N2O3/c1-3-4-5-6-7-11-15(19)18-17-12-13-9-8-10-14(21-2)16(13)20/h8-10,12,20H,3-7,11H2,1-2H3,(H,18,19). The molecular weight excluding hydrogens is 268 g/mol. The quantitative estimate of drug-likeness (QED) is 0.417. The van der Waals surface area contributed by atoms with Gasteiger partial charge in [0.15, 0.2) is 11.5 Å². The number of amides is 1. The molecule has 0 saturated heterocycles. The molecule has 0 heterocycles. The van der Waals surface area contributed by atoms with Gasteiger partial charge in [0.25, 0.3) is 0 Å². The molecule has 116 valence electrons. The summed E-state index contributed by atoms with van der Waals surface area (Å²) in [4.78, 5) is 11.6. The summed E-state index contributed by atoms with van der Waals surface area (Å²) in [5.41, 5.74) is 2.96. The van der Waals surface area contributed by atoms with Gasteiger partial charge in [-0.1, -0.05) is 38.7 Å². The minimum Gasteiger partial charge on any atom is -0.504 e. The number of hydrazone groups is 1. The van der Waals surface area contributed by atoms with E-state index < -0.39 is 0 Å². The number of ether oxygens (including phenoxy) is 1.